The second kappa shape index (κ2) is 6.37. The van der Waals surface area contributed by atoms with E-state index in [0.29, 0.717) is 30.3 Å². The van der Waals surface area contributed by atoms with Crippen molar-refractivity contribution in [1.82, 2.24) is 0 Å². The molecule has 0 spiro atoms. The highest BCUT2D eigenvalue weighted by Gasteiger charge is 2.06. The van der Waals surface area contributed by atoms with E-state index in [1.165, 1.54) is 6.07 Å². The first-order valence-corrected chi connectivity index (χ1v) is 6.60. The molecule has 100 valence electrons. The van der Waals surface area contributed by atoms with Gasteiger partial charge in [0.15, 0.2) is 0 Å². The molecule has 1 nitrogen and oxygen atoms in total. The standard InChI is InChI=1S/C17H19FO/c1-13(2)12-19-16-9-8-15(17(18)11-16)10-14-6-4-3-5-7-14/h3-9,11,13H,10,12H2,1-2H3. The quantitative estimate of drug-likeness (QED) is 0.769. The Morgan fingerprint density at radius 1 is 1.05 bits per heavy atom. The van der Waals surface area contributed by atoms with Crippen molar-refractivity contribution < 1.29 is 9.13 Å². The van der Waals surface area contributed by atoms with Crippen LogP contribution in [0.15, 0.2) is 48.5 Å². The highest BCUT2D eigenvalue weighted by Crippen LogP contribution is 2.19. The zero-order valence-corrected chi connectivity index (χ0v) is 11.4. The number of ether oxygens (including phenoxy) is 1. The van der Waals surface area contributed by atoms with Gasteiger partial charge in [-0.15, -0.1) is 0 Å². The third-order valence-electron chi connectivity index (χ3n) is 2.85. The molecule has 0 aliphatic rings. The first-order chi connectivity index (χ1) is 9.15. The van der Waals surface area contributed by atoms with E-state index in [9.17, 15) is 4.39 Å². The normalized spacial score (nSPS) is 10.7. The molecule has 0 N–H and O–H groups in total. The zero-order chi connectivity index (χ0) is 13.7. The van der Waals surface area contributed by atoms with Crippen molar-refractivity contribution >= 4 is 0 Å². The number of hydrogen-bond donors (Lipinski definition) is 0. The molecular formula is C17H19FO. The summed E-state index contributed by atoms with van der Waals surface area (Å²) in [5, 5.41) is 0. The maximum atomic E-state index is 14.0. The first kappa shape index (κ1) is 13.6. The van der Waals surface area contributed by atoms with Gasteiger partial charge in [-0.3, -0.25) is 0 Å². The summed E-state index contributed by atoms with van der Waals surface area (Å²) < 4.78 is 19.5. The van der Waals surface area contributed by atoms with Gasteiger partial charge in [-0.1, -0.05) is 50.2 Å². The van der Waals surface area contributed by atoms with Crippen LogP contribution in [0.2, 0.25) is 0 Å². The van der Waals surface area contributed by atoms with Gasteiger partial charge in [0.25, 0.3) is 0 Å². The Balaban J connectivity index is 2.07. The molecule has 2 rings (SSSR count). The maximum Gasteiger partial charge on any atom is 0.130 e. The Morgan fingerprint density at radius 3 is 2.42 bits per heavy atom. The van der Waals surface area contributed by atoms with Crippen molar-refractivity contribution in [2.24, 2.45) is 5.92 Å². The molecule has 2 aromatic rings. The minimum absolute atomic E-state index is 0.204. The number of halogens is 1. The third-order valence-corrected chi connectivity index (χ3v) is 2.85. The summed E-state index contributed by atoms with van der Waals surface area (Å²) in [4.78, 5) is 0. The van der Waals surface area contributed by atoms with Crippen LogP contribution in [0.5, 0.6) is 5.75 Å². The van der Waals surface area contributed by atoms with E-state index >= 15 is 0 Å². The van der Waals surface area contributed by atoms with E-state index in [2.05, 4.69) is 13.8 Å². The van der Waals surface area contributed by atoms with Crippen LogP contribution in [0.4, 0.5) is 4.39 Å². The summed E-state index contributed by atoms with van der Waals surface area (Å²) in [5.41, 5.74) is 1.81. The van der Waals surface area contributed by atoms with Gasteiger partial charge in [0.05, 0.1) is 6.61 Å². The van der Waals surface area contributed by atoms with E-state index < -0.39 is 0 Å². The second-order valence-corrected chi connectivity index (χ2v) is 5.12. The molecule has 0 aliphatic carbocycles. The minimum Gasteiger partial charge on any atom is -0.493 e. The molecular weight excluding hydrogens is 239 g/mol. The molecule has 0 heterocycles. The van der Waals surface area contributed by atoms with E-state index in [0.717, 1.165) is 5.56 Å². The van der Waals surface area contributed by atoms with Crippen molar-refractivity contribution in [1.29, 1.82) is 0 Å². The molecule has 0 amide bonds. The van der Waals surface area contributed by atoms with Crippen LogP contribution in [0.25, 0.3) is 0 Å². The summed E-state index contributed by atoms with van der Waals surface area (Å²) in [5.74, 6) is 0.833. The van der Waals surface area contributed by atoms with Crippen LogP contribution in [-0.2, 0) is 6.42 Å². The van der Waals surface area contributed by atoms with E-state index in [4.69, 9.17) is 4.74 Å². The van der Waals surface area contributed by atoms with Crippen molar-refractivity contribution in [3.8, 4) is 5.75 Å². The van der Waals surface area contributed by atoms with Crippen molar-refractivity contribution in [2.75, 3.05) is 6.61 Å². The van der Waals surface area contributed by atoms with Gasteiger partial charge >= 0.3 is 0 Å². The summed E-state index contributed by atoms with van der Waals surface area (Å²) in [7, 11) is 0. The van der Waals surface area contributed by atoms with Crippen molar-refractivity contribution in [3.05, 3.63) is 65.5 Å². The van der Waals surface area contributed by atoms with Gasteiger partial charge < -0.3 is 4.74 Å². The Morgan fingerprint density at radius 2 is 1.79 bits per heavy atom. The van der Waals surface area contributed by atoms with Crippen molar-refractivity contribution in [2.45, 2.75) is 20.3 Å². The largest absolute Gasteiger partial charge is 0.493 e. The summed E-state index contributed by atoms with van der Waals surface area (Å²) in [6.07, 6.45) is 0.608. The fourth-order valence-corrected chi connectivity index (χ4v) is 1.84. The average molecular weight is 258 g/mol. The van der Waals surface area contributed by atoms with E-state index in [1.807, 2.05) is 36.4 Å². The Hall–Kier alpha value is -1.83. The molecule has 0 saturated carbocycles. The molecule has 0 saturated heterocycles. The Kier molecular flexibility index (Phi) is 4.56. The summed E-state index contributed by atoms with van der Waals surface area (Å²) in [6, 6.07) is 15.0. The fraction of sp³-hybridized carbons (Fsp3) is 0.294. The van der Waals surface area contributed by atoms with Gasteiger partial charge in [-0.25, -0.2) is 4.39 Å². The number of rotatable bonds is 5. The highest BCUT2D eigenvalue weighted by molar-refractivity contribution is 5.32. The van der Waals surface area contributed by atoms with E-state index in [-0.39, 0.29) is 5.82 Å². The molecule has 0 unspecified atom stereocenters. The topological polar surface area (TPSA) is 9.23 Å². The smallest absolute Gasteiger partial charge is 0.130 e. The lowest BCUT2D eigenvalue weighted by atomic mass is 10.0. The van der Waals surface area contributed by atoms with Gasteiger partial charge in [-0.05, 0) is 23.1 Å². The Bertz CT molecular complexity index is 520. The van der Waals surface area contributed by atoms with Crippen molar-refractivity contribution in [3.63, 3.8) is 0 Å². The van der Waals surface area contributed by atoms with Gasteiger partial charge in [0.1, 0.15) is 11.6 Å². The van der Waals surface area contributed by atoms with Crippen LogP contribution in [0.1, 0.15) is 25.0 Å². The van der Waals surface area contributed by atoms with Crippen LogP contribution < -0.4 is 4.74 Å². The number of hydrogen-bond acceptors (Lipinski definition) is 1. The van der Waals surface area contributed by atoms with Crippen LogP contribution in [-0.4, -0.2) is 6.61 Å². The fourth-order valence-electron chi connectivity index (χ4n) is 1.84. The van der Waals surface area contributed by atoms with Gasteiger partial charge in [0, 0.05) is 12.5 Å². The van der Waals surface area contributed by atoms with Crippen LogP contribution >= 0.6 is 0 Å². The number of benzene rings is 2. The Labute approximate surface area is 114 Å². The van der Waals surface area contributed by atoms with Crippen LogP contribution in [0.3, 0.4) is 0 Å². The first-order valence-electron chi connectivity index (χ1n) is 6.60. The van der Waals surface area contributed by atoms with Gasteiger partial charge in [-0.2, -0.15) is 0 Å². The summed E-state index contributed by atoms with van der Waals surface area (Å²) in [6.45, 7) is 4.75. The summed E-state index contributed by atoms with van der Waals surface area (Å²) >= 11 is 0. The molecule has 19 heavy (non-hydrogen) atoms. The zero-order valence-electron chi connectivity index (χ0n) is 11.4. The maximum absolute atomic E-state index is 14.0. The lowest BCUT2D eigenvalue weighted by Crippen LogP contribution is -2.05. The predicted molar refractivity (Wildman–Crippen MR) is 76.0 cm³/mol. The monoisotopic (exact) mass is 258 g/mol. The van der Waals surface area contributed by atoms with Crippen LogP contribution in [0, 0.1) is 11.7 Å². The second-order valence-electron chi connectivity index (χ2n) is 5.12. The molecule has 0 aromatic heterocycles. The molecule has 0 radical (unpaired) electrons. The highest BCUT2D eigenvalue weighted by atomic mass is 19.1. The molecule has 0 atom stereocenters. The van der Waals surface area contributed by atoms with E-state index in [1.54, 1.807) is 6.07 Å². The van der Waals surface area contributed by atoms with Gasteiger partial charge in [0.2, 0.25) is 0 Å². The SMILES string of the molecule is CC(C)COc1ccc(Cc2ccccc2)c(F)c1. The molecule has 2 aromatic carbocycles. The average Bonchev–Trinajstić information content (AvgIpc) is 2.40. The predicted octanol–water partition coefficient (Wildman–Crippen LogP) is 4.45. The molecule has 0 fully saturated rings. The molecule has 0 aliphatic heterocycles. The lowest BCUT2D eigenvalue weighted by molar-refractivity contribution is 0.270. The minimum atomic E-state index is -0.204. The lowest BCUT2D eigenvalue weighted by Gasteiger charge is -2.10. The molecule has 2 heteroatoms. The molecule has 0 bridgehead atoms. The third kappa shape index (κ3) is 4.09.